The number of nitrogens with two attached hydrogens (primary N) is 1. The van der Waals surface area contributed by atoms with Crippen molar-refractivity contribution in [1.29, 1.82) is 0 Å². The van der Waals surface area contributed by atoms with Crippen molar-refractivity contribution >= 4 is 34.6 Å². The minimum absolute atomic E-state index is 0.541. The molecule has 2 rings (SSSR count). The molecular weight excluding hydrogens is 271 g/mol. The molecule has 0 saturated carbocycles. The molecule has 0 saturated heterocycles. The molecule has 0 amide bonds. The summed E-state index contributed by atoms with van der Waals surface area (Å²) in [4.78, 5) is 0. The quantitative estimate of drug-likeness (QED) is 0.654. The molecule has 0 unspecified atom stereocenters. The van der Waals surface area contributed by atoms with E-state index in [1.54, 1.807) is 18.3 Å². The first kappa shape index (κ1) is 13.1. The number of nitrogens with zero attached hydrogens (tertiary/aromatic N) is 2. The van der Waals surface area contributed by atoms with E-state index in [1.165, 1.54) is 0 Å². The molecule has 0 atom stereocenters. The lowest BCUT2D eigenvalue weighted by Gasteiger charge is -2.11. The van der Waals surface area contributed by atoms with Gasteiger partial charge in [-0.2, -0.15) is 5.10 Å². The van der Waals surface area contributed by atoms with Gasteiger partial charge in [0.15, 0.2) is 0 Å². The zero-order valence-electron chi connectivity index (χ0n) is 9.74. The summed E-state index contributed by atoms with van der Waals surface area (Å²) in [7, 11) is 0. The fraction of sp³-hybridized carbons (Fsp3) is 0.250. The first-order valence-electron chi connectivity index (χ1n) is 5.62. The van der Waals surface area contributed by atoms with Crippen LogP contribution < -0.4 is 11.1 Å². The van der Waals surface area contributed by atoms with Crippen molar-refractivity contribution in [3.05, 3.63) is 40.6 Å². The van der Waals surface area contributed by atoms with Crippen molar-refractivity contribution < 1.29 is 0 Å². The summed E-state index contributed by atoms with van der Waals surface area (Å²) in [6.45, 7) is 1.62. The molecule has 96 valence electrons. The second kappa shape index (κ2) is 5.98. The fourth-order valence-corrected chi connectivity index (χ4v) is 2.29. The van der Waals surface area contributed by atoms with Gasteiger partial charge in [-0.3, -0.25) is 4.68 Å². The second-order valence-corrected chi connectivity index (χ2v) is 4.72. The molecule has 0 aliphatic rings. The highest BCUT2D eigenvalue weighted by Gasteiger charge is 2.06. The van der Waals surface area contributed by atoms with Crippen molar-refractivity contribution in [3.8, 4) is 0 Å². The van der Waals surface area contributed by atoms with Gasteiger partial charge in [0.1, 0.15) is 0 Å². The van der Waals surface area contributed by atoms with Crippen LogP contribution in [0.5, 0.6) is 0 Å². The average molecular weight is 285 g/mol. The lowest BCUT2D eigenvalue weighted by molar-refractivity contribution is 0.592. The summed E-state index contributed by atoms with van der Waals surface area (Å²) in [5, 5.41) is 8.42. The van der Waals surface area contributed by atoms with Crippen LogP contribution in [-0.4, -0.2) is 16.3 Å². The Labute approximate surface area is 116 Å². The first-order chi connectivity index (χ1) is 8.66. The summed E-state index contributed by atoms with van der Waals surface area (Å²) in [6, 6.07) is 5.27. The average Bonchev–Trinajstić information content (AvgIpc) is 2.79. The second-order valence-electron chi connectivity index (χ2n) is 3.91. The molecule has 6 heteroatoms. The standard InChI is InChI=1S/C12H14Cl2N4/c13-10-7-9(15)8-11(14)12(10)16-3-1-5-18-6-2-4-17-18/h2,4,6-8,16H,1,3,5,15H2. The summed E-state index contributed by atoms with van der Waals surface area (Å²) in [5.74, 6) is 0. The summed E-state index contributed by atoms with van der Waals surface area (Å²) < 4.78 is 1.88. The molecule has 0 spiro atoms. The predicted octanol–water partition coefficient (Wildman–Crippen LogP) is 3.27. The Hall–Kier alpha value is -1.39. The highest BCUT2D eigenvalue weighted by atomic mass is 35.5. The van der Waals surface area contributed by atoms with Gasteiger partial charge in [0, 0.05) is 31.2 Å². The molecule has 3 N–H and O–H groups in total. The van der Waals surface area contributed by atoms with Gasteiger partial charge in [-0.15, -0.1) is 0 Å². The number of aromatic nitrogens is 2. The van der Waals surface area contributed by atoms with E-state index in [9.17, 15) is 0 Å². The van der Waals surface area contributed by atoms with Gasteiger partial charge in [-0.1, -0.05) is 23.2 Å². The molecule has 0 aliphatic heterocycles. The Morgan fingerprint density at radius 1 is 1.28 bits per heavy atom. The number of hydrogen-bond donors (Lipinski definition) is 2. The summed E-state index contributed by atoms with van der Waals surface area (Å²) in [6.07, 6.45) is 4.63. The number of benzene rings is 1. The maximum atomic E-state index is 6.07. The van der Waals surface area contributed by atoms with Crippen LogP contribution in [0, 0.1) is 0 Å². The fourth-order valence-electron chi connectivity index (χ4n) is 1.65. The van der Waals surface area contributed by atoms with Gasteiger partial charge in [-0.25, -0.2) is 0 Å². The predicted molar refractivity (Wildman–Crippen MR) is 76.2 cm³/mol. The third kappa shape index (κ3) is 3.31. The molecule has 1 heterocycles. The maximum absolute atomic E-state index is 6.07. The van der Waals surface area contributed by atoms with Crippen LogP contribution in [0.15, 0.2) is 30.6 Å². The van der Waals surface area contributed by atoms with Gasteiger partial charge in [0.25, 0.3) is 0 Å². The lowest BCUT2D eigenvalue weighted by Crippen LogP contribution is -2.07. The van der Waals surface area contributed by atoms with Gasteiger partial charge in [0.05, 0.1) is 15.7 Å². The molecule has 1 aromatic carbocycles. The van der Waals surface area contributed by atoms with Crippen molar-refractivity contribution in [1.82, 2.24) is 9.78 Å². The minimum Gasteiger partial charge on any atom is -0.399 e. The van der Waals surface area contributed by atoms with E-state index >= 15 is 0 Å². The largest absolute Gasteiger partial charge is 0.399 e. The third-order valence-electron chi connectivity index (χ3n) is 2.49. The normalized spacial score (nSPS) is 10.6. The molecule has 0 aliphatic carbocycles. The van der Waals surface area contributed by atoms with Crippen molar-refractivity contribution in [2.45, 2.75) is 13.0 Å². The van der Waals surface area contributed by atoms with Gasteiger partial charge >= 0.3 is 0 Å². The van der Waals surface area contributed by atoms with Gasteiger partial charge in [-0.05, 0) is 24.6 Å². The van der Waals surface area contributed by atoms with Crippen LogP contribution in [0.1, 0.15) is 6.42 Å². The topological polar surface area (TPSA) is 55.9 Å². The van der Waals surface area contributed by atoms with Crippen molar-refractivity contribution in [3.63, 3.8) is 0 Å². The smallest absolute Gasteiger partial charge is 0.0720 e. The Balaban J connectivity index is 1.87. The number of rotatable bonds is 5. The van der Waals surface area contributed by atoms with E-state index in [0.717, 1.165) is 25.2 Å². The van der Waals surface area contributed by atoms with Crippen LogP contribution in [0.3, 0.4) is 0 Å². The van der Waals surface area contributed by atoms with E-state index in [4.69, 9.17) is 28.9 Å². The van der Waals surface area contributed by atoms with E-state index in [0.29, 0.717) is 15.7 Å². The number of nitrogens with one attached hydrogen (secondary N) is 1. The zero-order valence-corrected chi connectivity index (χ0v) is 11.2. The monoisotopic (exact) mass is 284 g/mol. The van der Waals surface area contributed by atoms with Crippen LogP contribution in [0.2, 0.25) is 10.0 Å². The zero-order chi connectivity index (χ0) is 13.0. The van der Waals surface area contributed by atoms with E-state index in [1.807, 2.05) is 16.9 Å². The van der Waals surface area contributed by atoms with Gasteiger partial charge < -0.3 is 11.1 Å². The number of aryl methyl sites for hydroxylation is 1. The molecule has 2 aromatic rings. The van der Waals surface area contributed by atoms with Gasteiger partial charge in [0.2, 0.25) is 0 Å². The number of nitrogen functional groups attached to an aromatic ring is 1. The van der Waals surface area contributed by atoms with Crippen LogP contribution in [-0.2, 0) is 6.54 Å². The molecule has 0 radical (unpaired) electrons. The lowest BCUT2D eigenvalue weighted by atomic mass is 10.2. The highest BCUT2D eigenvalue weighted by Crippen LogP contribution is 2.32. The molecule has 1 aromatic heterocycles. The third-order valence-corrected chi connectivity index (χ3v) is 3.09. The molecule has 18 heavy (non-hydrogen) atoms. The Morgan fingerprint density at radius 3 is 2.61 bits per heavy atom. The number of anilines is 2. The summed E-state index contributed by atoms with van der Waals surface area (Å²) in [5.41, 5.74) is 6.93. The van der Waals surface area contributed by atoms with Crippen LogP contribution in [0.4, 0.5) is 11.4 Å². The van der Waals surface area contributed by atoms with E-state index in [2.05, 4.69) is 10.4 Å². The summed E-state index contributed by atoms with van der Waals surface area (Å²) >= 11 is 12.1. The van der Waals surface area contributed by atoms with Crippen molar-refractivity contribution in [2.75, 3.05) is 17.6 Å². The van der Waals surface area contributed by atoms with E-state index in [-0.39, 0.29) is 0 Å². The molecule has 0 fully saturated rings. The van der Waals surface area contributed by atoms with Crippen molar-refractivity contribution in [2.24, 2.45) is 0 Å². The number of halogens is 2. The number of hydrogen-bond acceptors (Lipinski definition) is 3. The Bertz CT molecular complexity index is 488. The Kier molecular flexibility index (Phi) is 4.33. The molecule has 4 nitrogen and oxygen atoms in total. The van der Waals surface area contributed by atoms with E-state index < -0.39 is 0 Å². The SMILES string of the molecule is Nc1cc(Cl)c(NCCCn2cccn2)c(Cl)c1. The van der Waals surface area contributed by atoms with Crippen LogP contribution >= 0.6 is 23.2 Å². The maximum Gasteiger partial charge on any atom is 0.0720 e. The molecular formula is C12H14Cl2N4. The first-order valence-corrected chi connectivity index (χ1v) is 6.38. The van der Waals surface area contributed by atoms with Crippen LogP contribution in [0.25, 0.3) is 0 Å². The molecule has 0 bridgehead atoms. The highest BCUT2D eigenvalue weighted by molar-refractivity contribution is 6.39. The Morgan fingerprint density at radius 2 is 2.00 bits per heavy atom. The minimum atomic E-state index is 0.541.